The summed E-state index contributed by atoms with van der Waals surface area (Å²) in [5.74, 6) is -0.552. The third kappa shape index (κ3) is 2.06. The van der Waals surface area contributed by atoms with Crippen LogP contribution in [0.3, 0.4) is 0 Å². The Bertz CT molecular complexity index is 356. The predicted octanol–water partition coefficient (Wildman–Crippen LogP) is 2.35. The predicted molar refractivity (Wildman–Crippen MR) is 52.3 cm³/mol. The maximum atomic E-state index is 12.7. The molecule has 0 unspecified atom stereocenters. The highest BCUT2D eigenvalue weighted by Crippen LogP contribution is 2.32. The summed E-state index contributed by atoms with van der Waals surface area (Å²) < 4.78 is 17.9. The zero-order chi connectivity index (χ0) is 10.0. The average Bonchev–Trinajstić information content (AvgIpc) is 2.02. The van der Waals surface area contributed by atoms with Crippen LogP contribution in [-0.2, 0) is 0 Å². The van der Waals surface area contributed by atoms with E-state index in [0.717, 1.165) is 6.07 Å². The lowest BCUT2D eigenvalue weighted by atomic mass is 10.3. The molecule has 1 aromatic carbocycles. The molecule has 0 spiro atoms. The molecule has 0 aromatic heterocycles. The van der Waals surface area contributed by atoms with Crippen molar-refractivity contribution in [3.63, 3.8) is 0 Å². The fourth-order valence-electron chi connectivity index (χ4n) is 0.884. The van der Waals surface area contributed by atoms with E-state index in [0.29, 0.717) is 3.57 Å². The molecule has 1 rings (SSSR count). The van der Waals surface area contributed by atoms with Crippen LogP contribution in [-0.4, -0.2) is 12.0 Å². The second-order valence-electron chi connectivity index (χ2n) is 2.20. The van der Waals surface area contributed by atoms with Gasteiger partial charge in [-0.1, -0.05) is 0 Å². The molecule has 1 aromatic rings. The summed E-state index contributed by atoms with van der Waals surface area (Å²) in [7, 11) is 1.31. The smallest absolute Gasteiger partial charge is 0.314 e. The Hall–Kier alpha value is -0.920. The topological polar surface area (TPSA) is 52.4 Å². The molecule has 0 aliphatic rings. The minimum Gasteiger partial charge on any atom is -0.489 e. The molecule has 0 aliphatic carbocycles. The molecule has 0 saturated heterocycles. The SMILES string of the molecule is COc1c(I)cc(F)cc1[N+](=O)[O-]. The van der Waals surface area contributed by atoms with Crippen LogP contribution < -0.4 is 4.74 Å². The van der Waals surface area contributed by atoms with E-state index in [1.54, 1.807) is 22.6 Å². The summed E-state index contributed by atoms with van der Waals surface area (Å²) in [5, 5.41) is 10.4. The maximum absolute atomic E-state index is 12.7. The molecule has 0 fully saturated rings. The highest BCUT2D eigenvalue weighted by Gasteiger charge is 2.19. The van der Waals surface area contributed by atoms with Gasteiger partial charge in [-0.3, -0.25) is 10.1 Å². The molecule has 0 N–H and O–H groups in total. The molecule has 0 saturated carbocycles. The Morgan fingerprint density at radius 1 is 1.62 bits per heavy atom. The molecule has 0 aliphatic heterocycles. The third-order valence-corrected chi connectivity index (χ3v) is 2.19. The van der Waals surface area contributed by atoms with Crippen molar-refractivity contribution in [1.82, 2.24) is 0 Å². The number of methoxy groups -OCH3 is 1. The Morgan fingerprint density at radius 3 is 2.69 bits per heavy atom. The van der Waals surface area contributed by atoms with Crippen molar-refractivity contribution < 1.29 is 14.1 Å². The van der Waals surface area contributed by atoms with Crippen molar-refractivity contribution in [3.8, 4) is 5.75 Å². The molecular formula is C7H5FINO3. The summed E-state index contributed by atoms with van der Waals surface area (Å²) in [6.45, 7) is 0. The number of rotatable bonds is 2. The minimum absolute atomic E-state index is 0.0898. The molecule has 0 amide bonds. The van der Waals surface area contributed by atoms with E-state index < -0.39 is 10.7 Å². The van der Waals surface area contributed by atoms with E-state index in [1.807, 2.05) is 0 Å². The van der Waals surface area contributed by atoms with Crippen LogP contribution in [0.25, 0.3) is 0 Å². The van der Waals surface area contributed by atoms with Crippen molar-refractivity contribution in [2.45, 2.75) is 0 Å². The molecular weight excluding hydrogens is 292 g/mol. The summed E-state index contributed by atoms with van der Waals surface area (Å²) in [4.78, 5) is 9.76. The molecule has 0 bridgehead atoms. The van der Waals surface area contributed by atoms with E-state index in [2.05, 4.69) is 0 Å². The van der Waals surface area contributed by atoms with Gasteiger partial charge in [0.05, 0.1) is 21.7 Å². The van der Waals surface area contributed by atoms with Crippen molar-refractivity contribution in [2.24, 2.45) is 0 Å². The second kappa shape index (κ2) is 3.86. The van der Waals surface area contributed by atoms with Gasteiger partial charge >= 0.3 is 5.69 Å². The van der Waals surface area contributed by atoms with Crippen molar-refractivity contribution in [1.29, 1.82) is 0 Å². The minimum atomic E-state index is -0.677. The first-order chi connectivity index (χ1) is 6.06. The second-order valence-corrected chi connectivity index (χ2v) is 3.36. The monoisotopic (exact) mass is 297 g/mol. The summed E-state index contributed by atoms with van der Waals surface area (Å²) in [6, 6.07) is 2.01. The molecule has 70 valence electrons. The molecule has 0 atom stereocenters. The van der Waals surface area contributed by atoms with E-state index in [1.165, 1.54) is 13.2 Å². The highest BCUT2D eigenvalue weighted by molar-refractivity contribution is 14.1. The lowest BCUT2D eigenvalue weighted by Gasteiger charge is -2.03. The fourth-order valence-corrected chi connectivity index (χ4v) is 1.68. The van der Waals surface area contributed by atoms with Gasteiger partial charge in [-0.25, -0.2) is 4.39 Å². The normalized spacial score (nSPS) is 9.77. The van der Waals surface area contributed by atoms with Crippen LogP contribution in [0, 0.1) is 19.5 Å². The Kier molecular flexibility index (Phi) is 3.02. The summed E-state index contributed by atoms with van der Waals surface area (Å²) in [5.41, 5.74) is -0.355. The van der Waals surface area contributed by atoms with Gasteiger partial charge in [0.25, 0.3) is 0 Å². The first kappa shape index (κ1) is 10.2. The van der Waals surface area contributed by atoms with Crippen LogP contribution >= 0.6 is 22.6 Å². The van der Waals surface area contributed by atoms with Crippen molar-refractivity contribution in [3.05, 3.63) is 31.6 Å². The van der Waals surface area contributed by atoms with Crippen LogP contribution in [0.4, 0.5) is 10.1 Å². The van der Waals surface area contributed by atoms with Crippen LogP contribution in [0.2, 0.25) is 0 Å². The average molecular weight is 297 g/mol. The molecule has 6 heteroatoms. The van der Waals surface area contributed by atoms with Gasteiger partial charge in [-0.2, -0.15) is 0 Å². The van der Waals surface area contributed by atoms with Crippen LogP contribution in [0.15, 0.2) is 12.1 Å². The Balaban J connectivity index is 3.38. The number of nitrogens with zero attached hydrogens (tertiary/aromatic N) is 1. The van der Waals surface area contributed by atoms with Crippen molar-refractivity contribution >= 4 is 28.3 Å². The third-order valence-electron chi connectivity index (χ3n) is 1.39. The number of nitro benzene ring substituents is 1. The van der Waals surface area contributed by atoms with E-state index >= 15 is 0 Å². The zero-order valence-electron chi connectivity index (χ0n) is 6.58. The van der Waals surface area contributed by atoms with Gasteiger partial charge < -0.3 is 4.74 Å². The fraction of sp³-hybridized carbons (Fsp3) is 0.143. The van der Waals surface area contributed by atoms with Crippen LogP contribution in [0.1, 0.15) is 0 Å². The van der Waals surface area contributed by atoms with Gasteiger partial charge in [-0.15, -0.1) is 0 Å². The van der Waals surface area contributed by atoms with Gasteiger partial charge in [0.2, 0.25) is 5.75 Å². The van der Waals surface area contributed by atoms with Gasteiger partial charge in [0.1, 0.15) is 5.82 Å². The number of hydrogen-bond donors (Lipinski definition) is 0. The number of ether oxygens (including phenoxy) is 1. The molecule has 0 radical (unpaired) electrons. The van der Waals surface area contributed by atoms with Gasteiger partial charge in [-0.05, 0) is 28.7 Å². The van der Waals surface area contributed by atoms with Gasteiger partial charge in [0.15, 0.2) is 0 Å². The largest absolute Gasteiger partial charge is 0.489 e. The standard InChI is InChI=1S/C7H5FINO3/c1-13-7-5(9)2-4(8)3-6(7)10(11)12/h2-3H,1H3. The Labute approximate surface area is 87.0 Å². The molecule has 13 heavy (non-hydrogen) atoms. The Morgan fingerprint density at radius 2 is 2.23 bits per heavy atom. The number of nitro groups is 1. The van der Waals surface area contributed by atoms with Gasteiger partial charge in [0, 0.05) is 0 Å². The number of benzene rings is 1. The highest BCUT2D eigenvalue weighted by atomic mass is 127. The van der Waals surface area contributed by atoms with Crippen LogP contribution in [0.5, 0.6) is 5.75 Å². The van der Waals surface area contributed by atoms with E-state index in [9.17, 15) is 14.5 Å². The first-order valence-electron chi connectivity index (χ1n) is 3.23. The lowest BCUT2D eigenvalue weighted by Crippen LogP contribution is -1.96. The van der Waals surface area contributed by atoms with Crippen molar-refractivity contribution in [2.75, 3.05) is 7.11 Å². The number of hydrogen-bond acceptors (Lipinski definition) is 3. The summed E-state index contributed by atoms with van der Waals surface area (Å²) >= 11 is 1.78. The lowest BCUT2D eigenvalue weighted by molar-refractivity contribution is -0.386. The molecule has 0 heterocycles. The number of halogens is 2. The molecule has 4 nitrogen and oxygen atoms in total. The van der Waals surface area contributed by atoms with E-state index in [-0.39, 0.29) is 11.4 Å². The van der Waals surface area contributed by atoms with E-state index in [4.69, 9.17) is 4.74 Å². The first-order valence-corrected chi connectivity index (χ1v) is 4.31. The zero-order valence-corrected chi connectivity index (χ0v) is 8.74. The maximum Gasteiger partial charge on any atom is 0.314 e. The summed E-state index contributed by atoms with van der Waals surface area (Å²) in [6.07, 6.45) is 0. The quantitative estimate of drug-likeness (QED) is 0.478.